The summed E-state index contributed by atoms with van der Waals surface area (Å²) in [5.74, 6) is -0.812. The van der Waals surface area contributed by atoms with E-state index in [1.54, 1.807) is 7.05 Å². The molecule has 2 aromatic heterocycles. The molecule has 1 unspecified atom stereocenters. The second kappa shape index (κ2) is 9.30. The van der Waals surface area contributed by atoms with E-state index in [-0.39, 0.29) is 35.5 Å². The Morgan fingerprint density at radius 3 is 2.50 bits per heavy atom. The third kappa shape index (κ3) is 5.19. The van der Waals surface area contributed by atoms with Crippen LogP contribution < -0.4 is 10.9 Å². The van der Waals surface area contributed by atoms with E-state index in [9.17, 15) is 27.2 Å². The van der Waals surface area contributed by atoms with E-state index in [2.05, 4.69) is 15.5 Å². The number of nitrogens with one attached hydrogen (secondary N) is 1. The monoisotopic (exact) mass is 453 g/mol. The van der Waals surface area contributed by atoms with Crippen LogP contribution in [0.4, 0.5) is 17.6 Å². The molecule has 3 rings (SSSR count). The molecule has 1 atom stereocenters. The normalized spacial score (nSPS) is 12.6. The van der Waals surface area contributed by atoms with E-state index in [1.165, 1.54) is 29.2 Å². The number of halogens is 4. The van der Waals surface area contributed by atoms with Crippen LogP contribution in [0.3, 0.4) is 0 Å². The fourth-order valence-electron chi connectivity index (χ4n) is 2.85. The second-order valence-electron chi connectivity index (χ2n) is 6.93. The maximum Gasteiger partial charge on any atom is 0.416 e. The second-order valence-corrected chi connectivity index (χ2v) is 6.93. The van der Waals surface area contributed by atoms with Gasteiger partial charge in [0.15, 0.2) is 0 Å². The highest BCUT2D eigenvalue weighted by Gasteiger charge is 2.30. The third-order valence-corrected chi connectivity index (χ3v) is 4.54. The molecule has 3 aromatic rings. The first kappa shape index (κ1) is 23.1. The summed E-state index contributed by atoms with van der Waals surface area (Å²) >= 11 is 0. The fraction of sp³-hybridized carbons (Fsp3) is 0.300. The van der Waals surface area contributed by atoms with Crippen LogP contribution in [0, 0.1) is 0 Å². The van der Waals surface area contributed by atoms with Gasteiger partial charge >= 0.3 is 6.18 Å². The van der Waals surface area contributed by atoms with Crippen molar-refractivity contribution >= 4 is 5.91 Å². The zero-order chi connectivity index (χ0) is 23.5. The lowest BCUT2D eigenvalue weighted by Crippen LogP contribution is -2.35. The lowest BCUT2D eigenvalue weighted by molar-refractivity contribution is -0.137. The van der Waals surface area contributed by atoms with Gasteiger partial charge in [0.25, 0.3) is 11.5 Å². The van der Waals surface area contributed by atoms with Crippen LogP contribution in [0.25, 0.3) is 16.9 Å². The molecule has 0 bridgehead atoms. The van der Waals surface area contributed by atoms with E-state index in [0.29, 0.717) is 0 Å². The van der Waals surface area contributed by atoms with E-state index in [0.717, 1.165) is 22.9 Å². The van der Waals surface area contributed by atoms with Crippen LogP contribution in [0.1, 0.15) is 22.3 Å². The molecule has 0 fully saturated rings. The van der Waals surface area contributed by atoms with Crippen LogP contribution in [0.5, 0.6) is 0 Å². The van der Waals surface area contributed by atoms with Gasteiger partial charge in [0.05, 0.1) is 30.3 Å². The summed E-state index contributed by atoms with van der Waals surface area (Å²) in [6, 6.07) is 5.25. The summed E-state index contributed by atoms with van der Waals surface area (Å²) in [5, 5.41) is 19.3. The molecule has 2 N–H and O–H groups in total. The largest absolute Gasteiger partial charge is 0.416 e. The molecule has 1 aromatic carbocycles. The standard InChI is InChI=1S/C20H19F4N5O3/c1-28-10-15(9-26-28)29-19(32)16(18(31)25-7-6-14(21)11-30)8-17(27-29)12-2-4-13(5-3-12)20(22,23)24/h2-5,8-10,14,30H,6-7,11H2,1H3,(H,25,31). The summed E-state index contributed by atoms with van der Waals surface area (Å²) in [6.07, 6.45) is -3.39. The van der Waals surface area contributed by atoms with Crippen LogP contribution in [-0.4, -0.2) is 49.9 Å². The summed E-state index contributed by atoms with van der Waals surface area (Å²) in [5.41, 5.74) is -1.42. The first-order valence-electron chi connectivity index (χ1n) is 9.44. The maximum absolute atomic E-state index is 13.2. The number of aryl methyl sites for hydroxylation is 1. The number of nitrogens with zero attached hydrogens (tertiary/aromatic N) is 4. The van der Waals surface area contributed by atoms with Gasteiger partial charge in [0.1, 0.15) is 17.4 Å². The summed E-state index contributed by atoms with van der Waals surface area (Å²) < 4.78 is 54.1. The van der Waals surface area contributed by atoms with Crippen LogP contribution >= 0.6 is 0 Å². The molecule has 0 saturated carbocycles. The Morgan fingerprint density at radius 1 is 1.25 bits per heavy atom. The molecule has 0 radical (unpaired) electrons. The Kier molecular flexibility index (Phi) is 6.72. The average Bonchev–Trinajstić information content (AvgIpc) is 3.19. The molecule has 0 spiro atoms. The van der Waals surface area contributed by atoms with Crippen molar-refractivity contribution in [3.8, 4) is 16.9 Å². The van der Waals surface area contributed by atoms with Gasteiger partial charge in [0, 0.05) is 19.2 Å². The van der Waals surface area contributed by atoms with Crippen molar-refractivity contribution in [3.63, 3.8) is 0 Å². The topological polar surface area (TPSA) is 102 Å². The summed E-state index contributed by atoms with van der Waals surface area (Å²) in [4.78, 5) is 25.5. The first-order chi connectivity index (χ1) is 15.1. The molecular formula is C20H19F4N5O3. The zero-order valence-electron chi connectivity index (χ0n) is 16.8. The zero-order valence-corrected chi connectivity index (χ0v) is 16.8. The van der Waals surface area contributed by atoms with Gasteiger partial charge in [-0.05, 0) is 24.6 Å². The Balaban J connectivity index is 2.03. The lowest BCUT2D eigenvalue weighted by Gasteiger charge is -2.11. The number of hydrogen-bond acceptors (Lipinski definition) is 5. The Hall–Kier alpha value is -3.54. The van der Waals surface area contributed by atoms with E-state index in [1.807, 2.05) is 0 Å². The number of benzene rings is 1. The molecule has 2 heterocycles. The number of carbonyl (C=O) groups excluding carboxylic acids is 1. The Morgan fingerprint density at radius 2 is 1.94 bits per heavy atom. The number of rotatable bonds is 7. The number of aromatic nitrogens is 4. The third-order valence-electron chi connectivity index (χ3n) is 4.54. The van der Waals surface area contributed by atoms with Gasteiger partial charge in [-0.1, -0.05) is 12.1 Å². The van der Waals surface area contributed by atoms with Crippen molar-refractivity contribution < 1.29 is 27.5 Å². The molecule has 1 amide bonds. The predicted octanol–water partition coefficient (Wildman–Crippen LogP) is 2.10. The smallest absolute Gasteiger partial charge is 0.393 e. The number of alkyl halides is 4. The van der Waals surface area contributed by atoms with Crippen molar-refractivity contribution in [2.45, 2.75) is 18.8 Å². The SMILES string of the molecule is Cn1cc(-n2nc(-c3ccc(C(F)(F)F)cc3)cc(C(=O)NCCC(F)CO)c2=O)cn1. The highest BCUT2D eigenvalue weighted by Crippen LogP contribution is 2.30. The van der Waals surface area contributed by atoms with Crippen LogP contribution in [0.2, 0.25) is 0 Å². The minimum Gasteiger partial charge on any atom is -0.393 e. The van der Waals surface area contributed by atoms with Crippen molar-refractivity contribution in [3.05, 3.63) is 64.2 Å². The van der Waals surface area contributed by atoms with Gasteiger partial charge in [-0.3, -0.25) is 14.3 Å². The van der Waals surface area contributed by atoms with Gasteiger partial charge < -0.3 is 10.4 Å². The number of aliphatic hydroxyl groups is 1. The molecular weight excluding hydrogens is 434 g/mol. The number of aliphatic hydroxyl groups excluding tert-OH is 1. The lowest BCUT2D eigenvalue weighted by atomic mass is 10.1. The minimum absolute atomic E-state index is 0.0750. The molecule has 170 valence electrons. The van der Waals surface area contributed by atoms with E-state index >= 15 is 0 Å². The Bertz CT molecular complexity index is 1160. The fourth-order valence-corrected chi connectivity index (χ4v) is 2.85. The number of amides is 1. The van der Waals surface area contributed by atoms with Crippen molar-refractivity contribution in [2.75, 3.05) is 13.2 Å². The molecule has 0 aliphatic carbocycles. The van der Waals surface area contributed by atoms with Gasteiger partial charge in [-0.2, -0.15) is 28.1 Å². The highest BCUT2D eigenvalue weighted by molar-refractivity contribution is 5.94. The predicted molar refractivity (Wildman–Crippen MR) is 106 cm³/mol. The molecule has 0 saturated heterocycles. The van der Waals surface area contributed by atoms with E-state index in [4.69, 9.17) is 5.11 Å². The molecule has 0 aliphatic heterocycles. The minimum atomic E-state index is -4.52. The van der Waals surface area contributed by atoms with Crippen molar-refractivity contribution in [1.82, 2.24) is 24.9 Å². The van der Waals surface area contributed by atoms with Gasteiger partial charge in [0.2, 0.25) is 0 Å². The molecule has 12 heteroatoms. The van der Waals surface area contributed by atoms with Crippen molar-refractivity contribution in [2.24, 2.45) is 7.05 Å². The summed E-state index contributed by atoms with van der Waals surface area (Å²) in [7, 11) is 1.61. The van der Waals surface area contributed by atoms with E-state index < -0.39 is 36.0 Å². The quantitative estimate of drug-likeness (QED) is 0.534. The van der Waals surface area contributed by atoms with Gasteiger partial charge in [-0.15, -0.1) is 0 Å². The van der Waals surface area contributed by atoms with Gasteiger partial charge in [-0.25, -0.2) is 4.39 Å². The van der Waals surface area contributed by atoms with Crippen LogP contribution in [-0.2, 0) is 13.2 Å². The highest BCUT2D eigenvalue weighted by atomic mass is 19.4. The maximum atomic E-state index is 13.2. The van der Waals surface area contributed by atoms with Crippen molar-refractivity contribution in [1.29, 1.82) is 0 Å². The van der Waals surface area contributed by atoms with Crippen LogP contribution in [0.15, 0.2) is 47.5 Å². The number of carbonyl (C=O) groups is 1. The number of hydrogen-bond donors (Lipinski definition) is 2. The molecule has 8 nitrogen and oxygen atoms in total. The molecule has 32 heavy (non-hydrogen) atoms. The Labute approximate surface area is 179 Å². The molecule has 0 aliphatic rings. The first-order valence-corrected chi connectivity index (χ1v) is 9.44. The average molecular weight is 453 g/mol. The summed E-state index contributed by atoms with van der Waals surface area (Å²) in [6.45, 7) is -0.832.